The van der Waals surface area contributed by atoms with Crippen LogP contribution in [0, 0.1) is 17.0 Å². The summed E-state index contributed by atoms with van der Waals surface area (Å²) in [5, 5.41) is 28.5. The van der Waals surface area contributed by atoms with Gasteiger partial charge in [-0.15, -0.1) is 10.2 Å². The number of nitrogens with zero attached hydrogens (tertiary/aromatic N) is 3. The van der Waals surface area contributed by atoms with Crippen LogP contribution in [0.1, 0.15) is 18.1 Å². The topological polar surface area (TPSA) is 88.1 Å². The average molecular weight is 285 g/mol. The number of benzene rings is 2. The summed E-state index contributed by atoms with van der Waals surface area (Å²) in [5.74, 6) is 0.0269. The smallest absolute Gasteiger partial charge is 0.271 e. The lowest BCUT2D eigenvalue weighted by Crippen LogP contribution is -1.87. The van der Waals surface area contributed by atoms with Crippen molar-refractivity contribution in [3.05, 3.63) is 57.6 Å². The van der Waals surface area contributed by atoms with Crippen molar-refractivity contribution in [3.63, 3.8) is 0 Å². The molecular formula is C15H15N3O3. The molecule has 6 nitrogen and oxygen atoms in total. The molecule has 21 heavy (non-hydrogen) atoms. The molecule has 0 aliphatic rings. The number of nitro groups is 1. The van der Waals surface area contributed by atoms with Gasteiger partial charge < -0.3 is 5.11 Å². The van der Waals surface area contributed by atoms with Crippen molar-refractivity contribution in [1.29, 1.82) is 0 Å². The number of azo groups is 1. The van der Waals surface area contributed by atoms with E-state index in [1.807, 2.05) is 13.0 Å². The molecule has 0 atom stereocenters. The molecule has 2 rings (SSSR count). The largest absolute Gasteiger partial charge is 0.506 e. The Balaban J connectivity index is 2.37. The first-order valence-electron chi connectivity index (χ1n) is 6.50. The van der Waals surface area contributed by atoms with Crippen LogP contribution in [-0.2, 0) is 6.42 Å². The predicted molar refractivity (Wildman–Crippen MR) is 79.5 cm³/mol. The molecule has 0 aliphatic carbocycles. The van der Waals surface area contributed by atoms with Gasteiger partial charge >= 0.3 is 0 Å². The fourth-order valence-corrected chi connectivity index (χ4v) is 1.80. The van der Waals surface area contributed by atoms with Gasteiger partial charge in [0, 0.05) is 12.1 Å². The molecule has 6 heteroatoms. The molecule has 0 spiro atoms. The molecule has 108 valence electrons. The first kappa shape index (κ1) is 14.6. The highest BCUT2D eigenvalue weighted by Crippen LogP contribution is 2.31. The van der Waals surface area contributed by atoms with E-state index < -0.39 is 4.92 Å². The molecular weight excluding hydrogens is 270 g/mol. The van der Waals surface area contributed by atoms with Crippen molar-refractivity contribution in [3.8, 4) is 5.75 Å². The van der Waals surface area contributed by atoms with Crippen LogP contribution in [0.2, 0.25) is 0 Å². The van der Waals surface area contributed by atoms with Crippen molar-refractivity contribution in [2.45, 2.75) is 20.3 Å². The minimum absolute atomic E-state index is 0.0269. The molecule has 0 amide bonds. The van der Waals surface area contributed by atoms with Crippen molar-refractivity contribution >= 4 is 17.1 Å². The molecule has 0 heterocycles. The predicted octanol–water partition coefficient (Wildman–Crippen LogP) is 4.59. The molecule has 0 bridgehead atoms. The maximum atomic E-state index is 10.8. The molecule has 0 unspecified atom stereocenters. The monoisotopic (exact) mass is 285 g/mol. The third-order valence-corrected chi connectivity index (χ3v) is 3.12. The minimum atomic E-state index is -0.479. The van der Waals surface area contributed by atoms with Gasteiger partial charge in [-0.25, -0.2) is 0 Å². The second-order valence-corrected chi connectivity index (χ2v) is 4.60. The van der Waals surface area contributed by atoms with E-state index in [0.29, 0.717) is 11.4 Å². The molecule has 2 aromatic carbocycles. The molecule has 0 aromatic heterocycles. The van der Waals surface area contributed by atoms with E-state index in [1.54, 1.807) is 25.1 Å². The normalized spacial score (nSPS) is 11.0. The SMILES string of the molecule is CCc1ccc(O)c(N=Nc2cc([N+](=O)[O-])ccc2C)c1. The number of hydrogen-bond acceptors (Lipinski definition) is 5. The molecule has 0 saturated carbocycles. The summed E-state index contributed by atoms with van der Waals surface area (Å²) >= 11 is 0. The first-order valence-corrected chi connectivity index (χ1v) is 6.50. The number of phenolic OH excluding ortho intramolecular Hbond substituents is 1. The lowest BCUT2D eigenvalue weighted by atomic mass is 10.1. The van der Waals surface area contributed by atoms with Crippen molar-refractivity contribution < 1.29 is 10.0 Å². The van der Waals surface area contributed by atoms with E-state index in [-0.39, 0.29) is 11.4 Å². The Kier molecular flexibility index (Phi) is 4.27. The Hall–Kier alpha value is -2.76. The van der Waals surface area contributed by atoms with E-state index >= 15 is 0 Å². The van der Waals surface area contributed by atoms with Crippen LogP contribution in [0.5, 0.6) is 5.75 Å². The zero-order valence-electron chi connectivity index (χ0n) is 11.8. The molecule has 0 radical (unpaired) electrons. The fourth-order valence-electron chi connectivity index (χ4n) is 1.80. The van der Waals surface area contributed by atoms with Crippen LogP contribution in [0.25, 0.3) is 0 Å². The molecule has 1 N–H and O–H groups in total. The number of non-ortho nitro benzene ring substituents is 1. The minimum Gasteiger partial charge on any atom is -0.506 e. The van der Waals surface area contributed by atoms with E-state index in [1.165, 1.54) is 12.1 Å². The van der Waals surface area contributed by atoms with Gasteiger partial charge in [0.15, 0.2) is 0 Å². The number of nitro benzene ring substituents is 1. The fraction of sp³-hybridized carbons (Fsp3) is 0.200. The average Bonchev–Trinajstić information content (AvgIpc) is 2.47. The van der Waals surface area contributed by atoms with E-state index in [9.17, 15) is 15.2 Å². The van der Waals surface area contributed by atoms with Gasteiger partial charge in [0.1, 0.15) is 11.4 Å². The highest BCUT2D eigenvalue weighted by molar-refractivity contribution is 5.55. The summed E-state index contributed by atoms with van der Waals surface area (Å²) in [4.78, 5) is 10.3. The summed E-state index contributed by atoms with van der Waals surface area (Å²) in [7, 11) is 0. The third kappa shape index (κ3) is 3.42. The van der Waals surface area contributed by atoms with Crippen molar-refractivity contribution in [2.75, 3.05) is 0 Å². The van der Waals surface area contributed by atoms with Crippen LogP contribution >= 0.6 is 0 Å². The van der Waals surface area contributed by atoms with Crippen LogP contribution in [0.3, 0.4) is 0 Å². The molecule has 0 saturated heterocycles. The van der Waals surface area contributed by atoms with Gasteiger partial charge in [0.25, 0.3) is 5.69 Å². The Morgan fingerprint density at radius 3 is 2.52 bits per heavy atom. The molecule has 0 aliphatic heterocycles. The Bertz CT molecular complexity index is 711. The van der Waals surface area contributed by atoms with Gasteiger partial charge in [-0.2, -0.15) is 0 Å². The number of rotatable bonds is 4. The van der Waals surface area contributed by atoms with E-state index in [0.717, 1.165) is 17.5 Å². The van der Waals surface area contributed by atoms with Crippen LogP contribution in [-0.4, -0.2) is 10.0 Å². The summed E-state index contributed by atoms with van der Waals surface area (Å²) < 4.78 is 0. The van der Waals surface area contributed by atoms with E-state index in [2.05, 4.69) is 10.2 Å². The van der Waals surface area contributed by atoms with Gasteiger partial charge in [0.2, 0.25) is 0 Å². The highest BCUT2D eigenvalue weighted by atomic mass is 16.6. The zero-order valence-corrected chi connectivity index (χ0v) is 11.8. The summed E-state index contributed by atoms with van der Waals surface area (Å²) in [6.07, 6.45) is 0.818. The van der Waals surface area contributed by atoms with Crippen LogP contribution < -0.4 is 0 Å². The summed E-state index contributed by atoms with van der Waals surface area (Å²) in [6.45, 7) is 3.79. The van der Waals surface area contributed by atoms with Gasteiger partial charge in [0.05, 0.1) is 10.6 Å². The highest BCUT2D eigenvalue weighted by Gasteiger charge is 2.08. The number of aromatic hydroxyl groups is 1. The number of phenols is 1. The van der Waals surface area contributed by atoms with Gasteiger partial charge in [-0.1, -0.05) is 19.1 Å². The maximum absolute atomic E-state index is 10.8. The summed E-state index contributed by atoms with van der Waals surface area (Å²) in [6, 6.07) is 9.52. The van der Waals surface area contributed by atoms with Crippen LogP contribution in [0.15, 0.2) is 46.6 Å². The van der Waals surface area contributed by atoms with Gasteiger partial charge in [-0.05, 0) is 36.6 Å². The molecule has 2 aromatic rings. The molecule has 0 fully saturated rings. The first-order chi connectivity index (χ1) is 10.0. The Labute approximate surface area is 121 Å². The lowest BCUT2D eigenvalue weighted by Gasteiger charge is -2.02. The van der Waals surface area contributed by atoms with E-state index in [4.69, 9.17) is 0 Å². The maximum Gasteiger partial charge on any atom is 0.271 e. The lowest BCUT2D eigenvalue weighted by molar-refractivity contribution is -0.384. The second-order valence-electron chi connectivity index (χ2n) is 4.60. The third-order valence-electron chi connectivity index (χ3n) is 3.12. The van der Waals surface area contributed by atoms with Gasteiger partial charge in [-0.3, -0.25) is 10.1 Å². The Morgan fingerprint density at radius 2 is 1.86 bits per heavy atom. The number of aryl methyl sites for hydroxylation is 2. The zero-order chi connectivity index (χ0) is 15.4. The van der Waals surface area contributed by atoms with Crippen molar-refractivity contribution in [1.82, 2.24) is 0 Å². The Morgan fingerprint density at radius 1 is 1.14 bits per heavy atom. The summed E-state index contributed by atoms with van der Waals surface area (Å²) in [5.41, 5.74) is 2.51. The standard InChI is InChI=1S/C15H15N3O3/c1-3-11-5-7-15(19)14(8-11)17-16-13-9-12(18(20)21)6-4-10(13)2/h4-9,19H,3H2,1-2H3. The van der Waals surface area contributed by atoms with Crippen LogP contribution in [0.4, 0.5) is 17.1 Å². The second kappa shape index (κ2) is 6.13. The quantitative estimate of drug-likeness (QED) is 0.506. The van der Waals surface area contributed by atoms with Crippen molar-refractivity contribution in [2.24, 2.45) is 10.2 Å². The number of hydrogen-bond donors (Lipinski definition) is 1.